The van der Waals surface area contributed by atoms with E-state index in [1.807, 2.05) is 0 Å². The third kappa shape index (κ3) is 2.92. The molecule has 1 aromatic heterocycles. The maximum absolute atomic E-state index is 12.7. The first kappa shape index (κ1) is 15.9. The number of hydrogen-bond acceptors (Lipinski definition) is 5. The van der Waals surface area contributed by atoms with E-state index < -0.39 is 0 Å². The fourth-order valence-corrected chi connectivity index (χ4v) is 3.68. The Hall–Kier alpha value is -2.65. The SMILES string of the molecule is N#Cc1ccc(N2CCC(Nc3nc(Cl)c4c(n3)CCC4)C2=O)cc1. The minimum absolute atomic E-state index is 0.0232. The molecule has 0 radical (unpaired) electrons. The van der Waals surface area contributed by atoms with Gasteiger partial charge in [0.15, 0.2) is 0 Å². The van der Waals surface area contributed by atoms with Crippen LogP contribution in [0, 0.1) is 11.3 Å². The molecule has 2 aliphatic rings. The number of nitrogens with zero attached hydrogens (tertiary/aromatic N) is 4. The van der Waals surface area contributed by atoms with Gasteiger partial charge in [0.25, 0.3) is 0 Å². The summed E-state index contributed by atoms with van der Waals surface area (Å²) in [5, 5.41) is 12.5. The Morgan fingerprint density at radius 2 is 2.04 bits per heavy atom. The molecule has 1 aromatic carbocycles. The summed E-state index contributed by atoms with van der Waals surface area (Å²) in [5.74, 6) is 0.399. The average molecular weight is 354 g/mol. The summed E-state index contributed by atoms with van der Waals surface area (Å²) in [6, 6.07) is 8.73. The number of aryl methyl sites for hydroxylation is 1. The van der Waals surface area contributed by atoms with Crippen molar-refractivity contribution in [2.24, 2.45) is 0 Å². The molecule has 1 N–H and O–H groups in total. The molecule has 1 aliphatic carbocycles. The lowest BCUT2D eigenvalue weighted by molar-refractivity contribution is -0.117. The molecule has 1 fully saturated rings. The van der Waals surface area contributed by atoms with Gasteiger partial charge in [-0.05, 0) is 49.9 Å². The van der Waals surface area contributed by atoms with E-state index in [4.69, 9.17) is 16.9 Å². The van der Waals surface area contributed by atoms with Crippen molar-refractivity contribution < 1.29 is 4.79 Å². The van der Waals surface area contributed by atoms with Crippen molar-refractivity contribution in [3.63, 3.8) is 0 Å². The highest BCUT2D eigenvalue weighted by molar-refractivity contribution is 6.30. The number of benzene rings is 1. The van der Waals surface area contributed by atoms with Crippen LogP contribution in [0.15, 0.2) is 24.3 Å². The van der Waals surface area contributed by atoms with Crippen LogP contribution in [0.1, 0.15) is 29.7 Å². The molecule has 2 aromatic rings. The number of carbonyl (C=O) groups excluding carboxylic acids is 1. The van der Waals surface area contributed by atoms with Gasteiger partial charge in [0, 0.05) is 17.8 Å². The van der Waals surface area contributed by atoms with Gasteiger partial charge in [0.2, 0.25) is 11.9 Å². The molecule has 1 amide bonds. The number of hydrogen-bond donors (Lipinski definition) is 1. The number of nitriles is 1. The Balaban J connectivity index is 1.50. The number of aromatic nitrogens is 2. The van der Waals surface area contributed by atoms with Gasteiger partial charge in [-0.2, -0.15) is 5.26 Å². The Morgan fingerprint density at radius 1 is 1.24 bits per heavy atom. The second-order valence-corrected chi connectivity index (χ2v) is 6.61. The summed E-state index contributed by atoms with van der Waals surface area (Å²) in [6.07, 6.45) is 3.53. The molecular weight excluding hydrogens is 338 g/mol. The highest BCUT2D eigenvalue weighted by Crippen LogP contribution is 2.28. The van der Waals surface area contributed by atoms with Crippen molar-refractivity contribution in [3.8, 4) is 6.07 Å². The molecule has 126 valence electrons. The van der Waals surface area contributed by atoms with Gasteiger partial charge in [0.05, 0.1) is 17.3 Å². The largest absolute Gasteiger partial charge is 0.342 e. The second kappa shape index (κ2) is 6.34. The summed E-state index contributed by atoms with van der Waals surface area (Å²) in [4.78, 5) is 23.2. The van der Waals surface area contributed by atoms with Crippen molar-refractivity contribution in [2.75, 3.05) is 16.8 Å². The van der Waals surface area contributed by atoms with Gasteiger partial charge in [-0.3, -0.25) is 4.79 Å². The van der Waals surface area contributed by atoms with Crippen molar-refractivity contribution in [2.45, 2.75) is 31.7 Å². The fourth-order valence-electron chi connectivity index (χ4n) is 3.39. The summed E-state index contributed by atoms with van der Waals surface area (Å²) in [7, 11) is 0. The van der Waals surface area contributed by atoms with Gasteiger partial charge in [-0.1, -0.05) is 11.6 Å². The van der Waals surface area contributed by atoms with Crippen molar-refractivity contribution in [1.82, 2.24) is 9.97 Å². The summed E-state index contributed by atoms with van der Waals surface area (Å²) in [6.45, 7) is 0.612. The Bertz CT molecular complexity index is 874. The maximum Gasteiger partial charge on any atom is 0.249 e. The first-order valence-electron chi connectivity index (χ1n) is 8.29. The molecule has 1 unspecified atom stereocenters. The Morgan fingerprint density at radius 3 is 2.80 bits per heavy atom. The Kier molecular flexibility index (Phi) is 4.02. The number of amides is 1. The normalized spacial score (nSPS) is 19.0. The molecule has 0 bridgehead atoms. The lowest BCUT2D eigenvalue weighted by Crippen LogP contribution is -2.34. The standard InChI is InChI=1S/C18H16ClN5O/c19-16-13-2-1-3-14(13)21-18(23-16)22-15-8-9-24(17(15)25)12-6-4-11(10-20)5-7-12/h4-7,15H,1-3,8-9H2,(H,21,22,23). The quantitative estimate of drug-likeness (QED) is 0.858. The molecule has 7 heteroatoms. The van der Waals surface area contributed by atoms with Crippen LogP contribution in [-0.2, 0) is 17.6 Å². The number of rotatable bonds is 3. The van der Waals surface area contributed by atoms with Gasteiger partial charge in [-0.15, -0.1) is 0 Å². The monoisotopic (exact) mass is 353 g/mol. The van der Waals surface area contributed by atoms with E-state index in [2.05, 4.69) is 21.4 Å². The van der Waals surface area contributed by atoms with Crippen LogP contribution >= 0.6 is 11.6 Å². The van der Waals surface area contributed by atoms with Crippen molar-refractivity contribution >= 4 is 29.1 Å². The summed E-state index contributed by atoms with van der Waals surface area (Å²) in [5.41, 5.74) is 3.38. The third-order valence-electron chi connectivity index (χ3n) is 4.70. The zero-order chi connectivity index (χ0) is 17.4. The first-order valence-corrected chi connectivity index (χ1v) is 8.67. The minimum Gasteiger partial charge on any atom is -0.342 e. The molecule has 25 heavy (non-hydrogen) atoms. The molecule has 0 spiro atoms. The van der Waals surface area contributed by atoms with Crippen LogP contribution in [0.5, 0.6) is 0 Å². The van der Waals surface area contributed by atoms with E-state index in [0.29, 0.717) is 29.6 Å². The van der Waals surface area contributed by atoms with E-state index >= 15 is 0 Å². The second-order valence-electron chi connectivity index (χ2n) is 6.25. The van der Waals surface area contributed by atoms with Crippen molar-refractivity contribution in [1.29, 1.82) is 5.26 Å². The maximum atomic E-state index is 12.7. The predicted octanol–water partition coefficient (Wildman–Crippen LogP) is 2.71. The van der Waals surface area contributed by atoms with Crippen LogP contribution in [0.2, 0.25) is 5.15 Å². The van der Waals surface area contributed by atoms with E-state index in [0.717, 1.165) is 36.2 Å². The third-order valence-corrected chi connectivity index (χ3v) is 5.01. The number of halogens is 1. The van der Waals surface area contributed by atoms with E-state index in [1.165, 1.54) is 0 Å². The first-order chi connectivity index (χ1) is 12.2. The molecule has 6 nitrogen and oxygen atoms in total. The fraction of sp³-hybridized carbons (Fsp3) is 0.333. The van der Waals surface area contributed by atoms with E-state index in [1.54, 1.807) is 29.2 Å². The van der Waals surface area contributed by atoms with E-state index in [-0.39, 0.29) is 11.9 Å². The lowest BCUT2D eigenvalue weighted by Gasteiger charge is -2.17. The van der Waals surface area contributed by atoms with Gasteiger partial charge in [0.1, 0.15) is 11.2 Å². The molecule has 0 saturated carbocycles. The predicted molar refractivity (Wildman–Crippen MR) is 94.6 cm³/mol. The van der Waals surface area contributed by atoms with Gasteiger partial charge in [-0.25, -0.2) is 9.97 Å². The molecule has 1 aliphatic heterocycles. The average Bonchev–Trinajstić information content (AvgIpc) is 3.23. The zero-order valence-corrected chi connectivity index (χ0v) is 14.3. The number of fused-ring (bicyclic) bond motifs is 1. The van der Waals surface area contributed by atoms with Crippen LogP contribution in [0.3, 0.4) is 0 Å². The highest BCUT2D eigenvalue weighted by atomic mass is 35.5. The van der Waals surface area contributed by atoms with Crippen molar-refractivity contribution in [3.05, 3.63) is 46.2 Å². The molecule has 1 saturated heterocycles. The van der Waals surface area contributed by atoms with Crippen LogP contribution in [-0.4, -0.2) is 28.5 Å². The van der Waals surface area contributed by atoms with E-state index in [9.17, 15) is 4.79 Å². The molecule has 1 atom stereocenters. The van der Waals surface area contributed by atoms with Gasteiger partial charge >= 0.3 is 0 Å². The van der Waals surface area contributed by atoms with Crippen LogP contribution in [0.4, 0.5) is 11.6 Å². The molecule has 2 heterocycles. The smallest absolute Gasteiger partial charge is 0.249 e. The summed E-state index contributed by atoms with van der Waals surface area (Å²) >= 11 is 6.24. The highest BCUT2D eigenvalue weighted by Gasteiger charge is 2.33. The minimum atomic E-state index is -0.369. The van der Waals surface area contributed by atoms with Gasteiger partial charge < -0.3 is 10.2 Å². The van der Waals surface area contributed by atoms with Crippen LogP contribution in [0.25, 0.3) is 0 Å². The number of carbonyl (C=O) groups is 1. The number of anilines is 2. The lowest BCUT2D eigenvalue weighted by atomic mass is 10.2. The number of nitrogens with one attached hydrogen (secondary N) is 1. The summed E-state index contributed by atoms with van der Waals surface area (Å²) < 4.78 is 0. The zero-order valence-electron chi connectivity index (χ0n) is 13.5. The Labute approximate surface area is 150 Å². The topological polar surface area (TPSA) is 81.9 Å². The van der Waals surface area contributed by atoms with Crippen LogP contribution < -0.4 is 10.2 Å². The molecule has 4 rings (SSSR count). The molecular formula is C18H16ClN5O.